The first kappa shape index (κ1) is 19.1. The Morgan fingerprint density at radius 3 is 2.72 bits per heavy atom. The second-order valence-electron chi connectivity index (χ2n) is 5.40. The number of pyridine rings is 1. The van der Waals surface area contributed by atoms with Crippen molar-refractivity contribution in [2.45, 2.75) is 26.8 Å². The van der Waals surface area contributed by atoms with Crippen LogP contribution in [0.5, 0.6) is 5.75 Å². The van der Waals surface area contributed by atoms with E-state index in [4.69, 9.17) is 16.3 Å². The lowest BCUT2D eigenvalue weighted by atomic mass is 10.2. The maximum absolute atomic E-state index is 5.81. The van der Waals surface area contributed by atoms with Crippen LogP contribution < -0.4 is 15.4 Å². The van der Waals surface area contributed by atoms with E-state index >= 15 is 0 Å². The Morgan fingerprint density at radius 2 is 2.00 bits per heavy atom. The first-order valence-corrected chi connectivity index (χ1v) is 8.94. The molecule has 1 heterocycles. The lowest BCUT2D eigenvalue weighted by Crippen LogP contribution is -2.38. The van der Waals surface area contributed by atoms with E-state index in [-0.39, 0.29) is 0 Å². The summed E-state index contributed by atoms with van der Waals surface area (Å²) >= 11 is 5.81. The standard InChI is InChI=1S/C19H25ClN4O/c1-3-21-19(22-12-11-15-9-10-18(20)23-13-15)24-14-16-7-5-6-8-17(16)25-4-2/h5-10,13H,3-4,11-12,14H2,1-2H3,(H2,21,22,24). The minimum atomic E-state index is 0.513. The van der Waals surface area contributed by atoms with E-state index < -0.39 is 0 Å². The van der Waals surface area contributed by atoms with Crippen LogP contribution in [0.25, 0.3) is 0 Å². The molecule has 0 atom stereocenters. The summed E-state index contributed by atoms with van der Waals surface area (Å²) in [5.74, 6) is 1.67. The quantitative estimate of drug-likeness (QED) is 0.430. The Labute approximate surface area is 154 Å². The second kappa shape index (κ2) is 10.6. The van der Waals surface area contributed by atoms with Crippen molar-refractivity contribution in [2.24, 2.45) is 4.99 Å². The Balaban J connectivity index is 1.92. The van der Waals surface area contributed by atoms with Crippen LogP contribution in [-0.4, -0.2) is 30.6 Å². The van der Waals surface area contributed by atoms with Gasteiger partial charge in [0.2, 0.25) is 0 Å². The Morgan fingerprint density at radius 1 is 1.16 bits per heavy atom. The van der Waals surface area contributed by atoms with E-state index in [2.05, 4.69) is 27.5 Å². The van der Waals surface area contributed by atoms with Gasteiger partial charge in [-0.3, -0.25) is 0 Å². The van der Waals surface area contributed by atoms with Crippen molar-refractivity contribution in [3.63, 3.8) is 0 Å². The first-order valence-electron chi connectivity index (χ1n) is 8.56. The molecule has 0 spiro atoms. The summed E-state index contributed by atoms with van der Waals surface area (Å²) in [4.78, 5) is 8.74. The molecule has 0 aliphatic heterocycles. The minimum Gasteiger partial charge on any atom is -0.494 e. The molecule has 0 unspecified atom stereocenters. The number of nitrogens with one attached hydrogen (secondary N) is 2. The predicted molar refractivity (Wildman–Crippen MR) is 103 cm³/mol. The predicted octanol–water partition coefficient (Wildman–Crippen LogP) is 3.43. The van der Waals surface area contributed by atoms with Gasteiger partial charge in [0.15, 0.2) is 5.96 Å². The van der Waals surface area contributed by atoms with Crippen molar-refractivity contribution in [2.75, 3.05) is 19.7 Å². The number of hydrogen-bond donors (Lipinski definition) is 2. The van der Waals surface area contributed by atoms with Gasteiger partial charge < -0.3 is 15.4 Å². The molecule has 2 rings (SSSR count). The molecular formula is C19H25ClN4O. The van der Waals surface area contributed by atoms with Crippen molar-refractivity contribution in [1.82, 2.24) is 15.6 Å². The zero-order valence-corrected chi connectivity index (χ0v) is 15.5. The topological polar surface area (TPSA) is 58.5 Å². The molecule has 0 saturated heterocycles. The van der Waals surface area contributed by atoms with Gasteiger partial charge in [-0.25, -0.2) is 9.98 Å². The van der Waals surface area contributed by atoms with Crippen LogP contribution in [0.3, 0.4) is 0 Å². The fourth-order valence-electron chi connectivity index (χ4n) is 2.32. The summed E-state index contributed by atoms with van der Waals surface area (Å²) in [6.45, 7) is 6.82. The summed E-state index contributed by atoms with van der Waals surface area (Å²) in [6.07, 6.45) is 2.65. The number of para-hydroxylation sites is 1. The number of aromatic nitrogens is 1. The molecule has 0 aliphatic rings. The molecule has 2 aromatic rings. The lowest BCUT2D eigenvalue weighted by molar-refractivity contribution is 0.336. The van der Waals surface area contributed by atoms with Gasteiger partial charge in [-0.15, -0.1) is 0 Å². The van der Waals surface area contributed by atoms with Crippen LogP contribution in [0.15, 0.2) is 47.6 Å². The van der Waals surface area contributed by atoms with Crippen molar-refractivity contribution in [1.29, 1.82) is 0 Å². The SMILES string of the molecule is CCNC(=NCc1ccccc1OCC)NCCc1ccc(Cl)nc1. The summed E-state index contributed by atoms with van der Waals surface area (Å²) in [7, 11) is 0. The van der Waals surface area contributed by atoms with E-state index in [1.165, 1.54) is 0 Å². The molecule has 5 nitrogen and oxygen atoms in total. The summed E-state index contributed by atoms with van der Waals surface area (Å²) in [5.41, 5.74) is 2.21. The average molecular weight is 361 g/mol. The molecule has 0 amide bonds. The molecule has 25 heavy (non-hydrogen) atoms. The maximum atomic E-state index is 5.81. The second-order valence-corrected chi connectivity index (χ2v) is 5.79. The molecule has 1 aromatic heterocycles. The van der Waals surface area contributed by atoms with Crippen LogP contribution in [0.1, 0.15) is 25.0 Å². The third kappa shape index (κ3) is 6.63. The van der Waals surface area contributed by atoms with Crippen LogP contribution in [0.4, 0.5) is 0 Å². The number of rotatable bonds is 8. The van der Waals surface area contributed by atoms with Gasteiger partial charge in [0.05, 0.1) is 13.2 Å². The monoisotopic (exact) mass is 360 g/mol. The van der Waals surface area contributed by atoms with E-state index in [0.717, 1.165) is 42.3 Å². The molecule has 0 saturated carbocycles. The highest BCUT2D eigenvalue weighted by atomic mass is 35.5. The van der Waals surface area contributed by atoms with Crippen LogP contribution >= 0.6 is 11.6 Å². The Bertz CT molecular complexity index is 673. The zero-order valence-electron chi connectivity index (χ0n) is 14.8. The lowest BCUT2D eigenvalue weighted by Gasteiger charge is -2.12. The number of hydrogen-bond acceptors (Lipinski definition) is 3. The first-order chi connectivity index (χ1) is 12.2. The van der Waals surface area contributed by atoms with Gasteiger partial charge in [0.25, 0.3) is 0 Å². The van der Waals surface area contributed by atoms with E-state index in [1.807, 2.05) is 37.3 Å². The Kier molecular flexibility index (Phi) is 8.05. The van der Waals surface area contributed by atoms with Gasteiger partial charge >= 0.3 is 0 Å². The van der Waals surface area contributed by atoms with Gasteiger partial charge in [-0.1, -0.05) is 35.9 Å². The fourth-order valence-corrected chi connectivity index (χ4v) is 2.43. The number of halogens is 1. The smallest absolute Gasteiger partial charge is 0.191 e. The molecule has 0 radical (unpaired) electrons. The number of guanidine groups is 1. The average Bonchev–Trinajstić information content (AvgIpc) is 2.62. The van der Waals surface area contributed by atoms with Gasteiger partial charge in [-0.05, 0) is 38.0 Å². The van der Waals surface area contributed by atoms with Crippen molar-refractivity contribution in [3.8, 4) is 5.75 Å². The van der Waals surface area contributed by atoms with Crippen molar-refractivity contribution >= 4 is 17.6 Å². The molecule has 2 N–H and O–H groups in total. The van der Waals surface area contributed by atoms with Gasteiger partial charge in [0, 0.05) is 24.8 Å². The summed E-state index contributed by atoms with van der Waals surface area (Å²) in [5, 5.41) is 7.12. The van der Waals surface area contributed by atoms with Crippen LogP contribution in [-0.2, 0) is 13.0 Å². The highest BCUT2D eigenvalue weighted by Gasteiger charge is 2.03. The third-order valence-electron chi connectivity index (χ3n) is 3.52. The number of nitrogens with zero attached hydrogens (tertiary/aromatic N) is 2. The number of benzene rings is 1. The number of aliphatic imine (C=N–C) groups is 1. The molecular weight excluding hydrogens is 336 g/mol. The molecule has 0 fully saturated rings. The fraction of sp³-hybridized carbons (Fsp3) is 0.368. The number of ether oxygens (including phenoxy) is 1. The summed E-state index contributed by atoms with van der Waals surface area (Å²) < 4.78 is 5.65. The molecule has 0 bridgehead atoms. The normalized spacial score (nSPS) is 11.2. The van der Waals surface area contributed by atoms with Crippen LogP contribution in [0, 0.1) is 0 Å². The highest BCUT2D eigenvalue weighted by Crippen LogP contribution is 2.18. The van der Waals surface area contributed by atoms with E-state index in [0.29, 0.717) is 18.3 Å². The largest absolute Gasteiger partial charge is 0.494 e. The van der Waals surface area contributed by atoms with E-state index in [9.17, 15) is 0 Å². The van der Waals surface area contributed by atoms with Gasteiger partial charge in [-0.2, -0.15) is 0 Å². The zero-order chi connectivity index (χ0) is 17.9. The van der Waals surface area contributed by atoms with Crippen molar-refractivity contribution in [3.05, 3.63) is 58.9 Å². The summed E-state index contributed by atoms with van der Waals surface area (Å²) in [6, 6.07) is 11.8. The molecule has 1 aromatic carbocycles. The maximum Gasteiger partial charge on any atom is 0.191 e. The highest BCUT2D eigenvalue weighted by molar-refractivity contribution is 6.29. The molecule has 6 heteroatoms. The molecule has 134 valence electrons. The van der Waals surface area contributed by atoms with Crippen LogP contribution in [0.2, 0.25) is 5.15 Å². The molecule has 0 aliphatic carbocycles. The third-order valence-corrected chi connectivity index (χ3v) is 3.74. The van der Waals surface area contributed by atoms with Crippen molar-refractivity contribution < 1.29 is 4.74 Å². The Hall–Kier alpha value is -2.27. The van der Waals surface area contributed by atoms with Gasteiger partial charge in [0.1, 0.15) is 10.9 Å². The van der Waals surface area contributed by atoms with E-state index in [1.54, 1.807) is 12.3 Å². The minimum absolute atomic E-state index is 0.513.